The fourth-order valence-corrected chi connectivity index (χ4v) is 5.19. The molecule has 0 N–H and O–H groups in total. The minimum atomic E-state index is 0. The second-order valence-corrected chi connectivity index (χ2v) is 6.73. The third-order valence-corrected chi connectivity index (χ3v) is 6.06. The topological polar surface area (TPSA) is 0 Å². The summed E-state index contributed by atoms with van der Waals surface area (Å²) in [4.78, 5) is 2.95. The van der Waals surface area contributed by atoms with Crippen molar-refractivity contribution in [2.24, 2.45) is 5.92 Å². The molecule has 1 fully saturated rings. The fraction of sp³-hybridized carbons (Fsp3) is 0.462. The number of hydrogen-bond donors (Lipinski definition) is 0. The van der Waals surface area contributed by atoms with Crippen LogP contribution >= 0.6 is 23.5 Å². The van der Waals surface area contributed by atoms with E-state index in [2.05, 4.69) is 24.3 Å². The van der Waals surface area contributed by atoms with Gasteiger partial charge < -0.3 is 23.5 Å². The Hall–Kier alpha value is 0.517. The van der Waals surface area contributed by atoms with E-state index in [4.69, 9.17) is 0 Å². The van der Waals surface area contributed by atoms with Gasteiger partial charge in [-0.25, -0.2) is 0 Å². The van der Waals surface area contributed by atoms with E-state index in [0.717, 1.165) is 5.92 Å². The predicted octanol–water partition coefficient (Wildman–Crippen LogP) is 1.96. The molecular formula is C13H15LiS2. The summed E-state index contributed by atoms with van der Waals surface area (Å²) in [6.45, 7) is 0. The molecule has 3 rings (SSSR count). The molecule has 0 nitrogen and oxygen atoms in total. The predicted molar refractivity (Wildman–Crippen MR) is 68.0 cm³/mol. The molecule has 80 valence electrons. The quantitative estimate of drug-likeness (QED) is 0.545. The van der Waals surface area contributed by atoms with Crippen molar-refractivity contribution in [2.75, 3.05) is 0 Å². The molecule has 1 aromatic carbocycles. The van der Waals surface area contributed by atoms with Crippen LogP contribution in [0.4, 0.5) is 0 Å². The van der Waals surface area contributed by atoms with Crippen LogP contribution in [0.2, 0.25) is 0 Å². The van der Waals surface area contributed by atoms with Gasteiger partial charge in [-0.2, -0.15) is 4.58 Å². The van der Waals surface area contributed by atoms with Crippen LogP contribution in [0.5, 0.6) is 0 Å². The average molecular weight is 242 g/mol. The summed E-state index contributed by atoms with van der Waals surface area (Å²) in [5.74, 6) is 0.876. The van der Waals surface area contributed by atoms with Gasteiger partial charge in [-0.3, -0.25) is 0 Å². The Bertz CT molecular complexity index is 323. The number of thioether (sulfide) groups is 2. The smallest absolute Gasteiger partial charge is 0.301 e. The van der Waals surface area contributed by atoms with Crippen LogP contribution in [0.25, 0.3) is 0 Å². The summed E-state index contributed by atoms with van der Waals surface area (Å²) in [5.41, 5.74) is 0. The molecule has 0 spiro atoms. The maximum Gasteiger partial charge on any atom is 1.00 e. The molecule has 0 amide bonds. The zero-order valence-corrected chi connectivity index (χ0v) is 11.4. The molecule has 1 saturated carbocycles. The van der Waals surface area contributed by atoms with Crippen LogP contribution in [0.1, 0.15) is 32.1 Å². The van der Waals surface area contributed by atoms with Crippen molar-refractivity contribution in [3.05, 3.63) is 28.8 Å². The maximum absolute atomic E-state index is 2.25. The number of benzene rings is 1. The molecular weight excluding hydrogens is 227 g/mol. The zero-order chi connectivity index (χ0) is 10.1. The number of fused-ring (bicyclic) bond motifs is 1. The molecule has 0 bridgehead atoms. The van der Waals surface area contributed by atoms with Crippen LogP contribution in [0.3, 0.4) is 0 Å². The van der Waals surface area contributed by atoms with Crippen molar-refractivity contribution < 1.29 is 18.9 Å². The molecule has 3 heteroatoms. The molecule has 16 heavy (non-hydrogen) atoms. The summed E-state index contributed by atoms with van der Waals surface area (Å²) in [5, 5.41) is 0. The van der Waals surface area contributed by atoms with E-state index in [-0.39, 0.29) is 18.9 Å². The molecule has 0 radical (unpaired) electrons. The molecule has 1 aromatic rings. The van der Waals surface area contributed by atoms with Gasteiger partial charge in [-0.1, -0.05) is 56.4 Å². The molecule has 0 aromatic heterocycles. The van der Waals surface area contributed by atoms with E-state index >= 15 is 0 Å². The van der Waals surface area contributed by atoms with Crippen LogP contribution in [-0.2, 0) is 0 Å². The van der Waals surface area contributed by atoms with Crippen molar-refractivity contribution in [1.29, 1.82) is 0 Å². The van der Waals surface area contributed by atoms with E-state index in [0.29, 0.717) is 0 Å². The Kier molecular flexibility index (Phi) is 4.79. The summed E-state index contributed by atoms with van der Waals surface area (Å²) < 4.78 is 1.66. The first kappa shape index (κ1) is 13.0. The summed E-state index contributed by atoms with van der Waals surface area (Å²) in [6.07, 6.45) is 7.16. The third kappa shape index (κ3) is 2.67. The van der Waals surface area contributed by atoms with Crippen LogP contribution in [0.15, 0.2) is 34.1 Å². The molecule has 0 unspecified atom stereocenters. The SMILES string of the molecule is [Li+].c1ccc2c(c1)S[C-](C1CCCCC1)S2. The van der Waals surface area contributed by atoms with E-state index in [1.807, 2.05) is 23.5 Å². The van der Waals surface area contributed by atoms with Gasteiger partial charge in [0.25, 0.3) is 0 Å². The summed E-state index contributed by atoms with van der Waals surface area (Å²) in [7, 11) is 0. The normalized spacial score (nSPS) is 21.5. The van der Waals surface area contributed by atoms with E-state index in [9.17, 15) is 0 Å². The zero-order valence-electron chi connectivity index (χ0n) is 9.74. The number of rotatable bonds is 1. The molecule has 1 heterocycles. The van der Waals surface area contributed by atoms with Gasteiger partial charge in [0.1, 0.15) is 0 Å². The Balaban J connectivity index is 0.000000963. The second kappa shape index (κ2) is 5.91. The Morgan fingerprint density at radius 2 is 1.50 bits per heavy atom. The first-order chi connectivity index (χ1) is 7.43. The van der Waals surface area contributed by atoms with Crippen molar-refractivity contribution in [3.63, 3.8) is 0 Å². The van der Waals surface area contributed by atoms with Gasteiger partial charge in [0.15, 0.2) is 0 Å². The third-order valence-electron chi connectivity index (χ3n) is 3.21. The van der Waals surface area contributed by atoms with Crippen molar-refractivity contribution in [2.45, 2.75) is 41.9 Å². The Labute approximate surface area is 119 Å². The fourth-order valence-electron chi connectivity index (χ4n) is 2.36. The van der Waals surface area contributed by atoms with Crippen molar-refractivity contribution >= 4 is 23.5 Å². The molecule has 0 atom stereocenters. The molecule has 0 saturated heterocycles. The van der Waals surface area contributed by atoms with E-state index in [1.54, 1.807) is 4.58 Å². The van der Waals surface area contributed by atoms with Crippen LogP contribution < -0.4 is 18.9 Å². The largest absolute Gasteiger partial charge is 1.00 e. The van der Waals surface area contributed by atoms with Gasteiger partial charge in [0.05, 0.1) is 0 Å². The maximum atomic E-state index is 2.25. The number of hydrogen-bond acceptors (Lipinski definition) is 2. The van der Waals surface area contributed by atoms with Crippen molar-refractivity contribution in [3.8, 4) is 0 Å². The van der Waals surface area contributed by atoms with Gasteiger partial charge in [-0.05, 0) is 9.79 Å². The summed E-state index contributed by atoms with van der Waals surface area (Å²) in [6, 6.07) is 8.80. The Morgan fingerprint density at radius 3 is 2.06 bits per heavy atom. The Morgan fingerprint density at radius 1 is 0.938 bits per heavy atom. The second-order valence-electron chi connectivity index (χ2n) is 4.30. The van der Waals surface area contributed by atoms with E-state index in [1.165, 1.54) is 41.9 Å². The van der Waals surface area contributed by atoms with Gasteiger partial charge in [-0.15, -0.1) is 5.92 Å². The van der Waals surface area contributed by atoms with Crippen molar-refractivity contribution in [1.82, 2.24) is 0 Å². The minimum Gasteiger partial charge on any atom is -0.301 e. The molecule has 1 aliphatic heterocycles. The van der Waals surface area contributed by atoms with E-state index < -0.39 is 0 Å². The van der Waals surface area contributed by atoms with Gasteiger partial charge >= 0.3 is 18.9 Å². The standard InChI is InChI=1S/C13H15S2.Li/c1-2-6-10(7-3-1)13-14-11-8-4-5-9-12(11)15-13;/h4-5,8-10H,1-3,6-7H2;/q-1;+1. The molecule has 1 aliphatic carbocycles. The average Bonchev–Trinajstić information content (AvgIpc) is 2.74. The first-order valence-corrected chi connectivity index (χ1v) is 7.38. The first-order valence-electron chi connectivity index (χ1n) is 5.75. The van der Waals surface area contributed by atoms with Gasteiger partial charge in [0, 0.05) is 0 Å². The molecule has 2 aliphatic rings. The van der Waals surface area contributed by atoms with Gasteiger partial charge in [0.2, 0.25) is 0 Å². The van der Waals surface area contributed by atoms with Crippen LogP contribution in [0, 0.1) is 10.5 Å². The van der Waals surface area contributed by atoms with Crippen LogP contribution in [-0.4, -0.2) is 0 Å². The monoisotopic (exact) mass is 242 g/mol. The summed E-state index contributed by atoms with van der Waals surface area (Å²) >= 11 is 4.04. The minimum absolute atomic E-state index is 0.